The number of benzene rings is 2. The zero-order valence-corrected chi connectivity index (χ0v) is 13.5. The molecule has 0 fully saturated rings. The standard InChI is InChI=1S/C18H20N2OS/c1-12(11-22)20-18(21)19-10-14-6-4-8-16-15-7-3-2-5-13(15)9-17(14)16/h2-8,12,22H,9-11H2,1H3,(H2,19,20,21)/t12-/m1/s1. The smallest absolute Gasteiger partial charge is 0.315 e. The van der Waals surface area contributed by atoms with Gasteiger partial charge in [0.25, 0.3) is 0 Å². The minimum atomic E-state index is -0.144. The predicted molar refractivity (Wildman–Crippen MR) is 93.4 cm³/mol. The summed E-state index contributed by atoms with van der Waals surface area (Å²) in [6.07, 6.45) is 0.942. The molecule has 4 heteroatoms. The molecule has 0 bridgehead atoms. The van der Waals surface area contributed by atoms with Crippen molar-refractivity contribution in [1.29, 1.82) is 0 Å². The second-order valence-corrected chi connectivity index (χ2v) is 6.05. The van der Waals surface area contributed by atoms with Crippen LogP contribution in [0.1, 0.15) is 23.6 Å². The van der Waals surface area contributed by atoms with Crippen LogP contribution in [0.3, 0.4) is 0 Å². The summed E-state index contributed by atoms with van der Waals surface area (Å²) in [5.74, 6) is 0.628. The fourth-order valence-electron chi connectivity index (χ4n) is 2.89. The SMILES string of the molecule is C[C@H](CS)NC(=O)NCc1cccc2c1Cc1ccccc1-2. The maximum Gasteiger partial charge on any atom is 0.315 e. The number of thiol groups is 1. The Hall–Kier alpha value is -1.94. The van der Waals surface area contributed by atoms with Gasteiger partial charge < -0.3 is 10.6 Å². The summed E-state index contributed by atoms with van der Waals surface area (Å²) in [7, 11) is 0. The molecule has 0 aliphatic heterocycles. The van der Waals surface area contributed by atoms with Gasteiger partial charge in [-0.25, -0.2) is 4.79 Å². The van der Waals surface area contributed by atoms with E-state index in [1.54, 1.807) is 0 Å². The van der Waals surface area contributed by atoms with Crippen LogP contribution in [0, 0.1) is 0 Å². The van der Waals surface area contributed by atoms with Gasteiger partial charge in [0.1, 0.15) is 0 Å². The average Bonchev–Trinajstić information content (AvgIpc) is 2.92. The lowest BCUT2D eigenvalue weighted by Gasteiger charge is -2.14. The largest absolute Gasteiger partial charge is 0.335 e. The van der Waals surface area contributed by atoms with Crippen LogP contribution in [0.2, 0.25) is 0 Å². The Bertz CT molecular complexity index is 699. The number of carbonyl (C=O) groups is 1. The fraction of sp³-hybridized carbons (Fsp3) is 0.278. The Labute approximate surface area is 136 Å². The van der Waals surface area contributed by atoms with Crippen molar-refractivity contribution in [1.82, 2.24) is 10.6 Å². The lowest BCUT2D eigenvalue weighted by Crippen LogP contribution is -2.41. The molecule has 0 aromatic heterocycles. The van der Waals surface area contributed by atoms with Crippen LogP contribution in [0.25, 0.3) is 11.1 Å². The van der Waals surface area contributed by atoms with Crippen molar-refractivity contribution in [2.75, 3.05) is 5.75 Å². The zero-order valence-electron chi connectivity index (χ0n) is 12.6. The van der Waals surface area contributed by atoms with E-state index in [-0.39, 0.29) is 12.1 Å². The molecule has 114 valence electrons. The van der Waals surface area contributed by atoms with Gasteiger partial charge in [-0.15, -0.1) is 0 Å². The van der Waals surface area contributed by atoms with Crippen LogP contribution in [-0.2, 0) is 13.0 Å². The Morgan fingerprint density at radius 1 is 1.18 bits per heavy atom. The third-order valence-electron chi connectivity index (χ3n) is 4.04. The molecule has 2 N–H and O–H groups in total. The summed E-state index contributed by atoms with van der Waals surface area (Å²) in [6, 6.07) is 14.7. The molecule has 0 saturated carbocycles. The molecule has 3 rings (SSSR count). The van der Waals surface area contributed by atoms with Gasteiger partial charge in [-0.2, -0.15) is 12.6 Å². The Morgan fingerprint density at radius 3 is 2.77 bits per heavy atom. The van der Waals surface area contributed by atoms with Crippen LogP contribution < -0.4 is 10.6 Å². The van der Waals surface area contributed by atoms with Gasteiger partial charge in [0, 0.05) is 18.3 Å². The molecule has 22 heavy (non-hydrogen) atoms. The minimum absolute atomic E-state index is 0.0640. The van der Waals surface area contributed by atoms with E-state index in [2.05, 4.69) is 65.7 Å². The van der Waals surface area contributed by atoms with Crippen molar-refractivity contribution >= 4 is 18.7 Å². The van der Waals surface area contributed by atoms with Gasteiger partial charge >= 0.3 is 6.03 Å². The first-order valence-electron chi connectivity index (χ1n) is 7.53. The molecule has 1 atom stereocenters. The van der Waals surface area contributed by atoms with Crippen LogP contribution in [0.5, 0.6) is 0 Å². The van der Waals surface area contributed by atoms with E-state index in [0.29, 0.717) is 12.3 Å². The summed E-state index contributed by atoms with van der Waals surface area (Å²) in [5.41, 5.74) is 6.47. The highest BCUT2D eigenvalue weighted by Gasteiger charge is 2.20. The van der Waals surface area contributed by atoms with Crippen molar-refractivity contribution in [2.24, 2.45) is 0 Å². The van der Waals surface area contributed by atoms with Crippen molar-refractivity contribution in [3.8, 4) is 11.1 Å². The second kappa shape index (κ2) is 6.44. The second-order valence-electron chi connectivity index (χ2n) is 5.69. The van der Waals surface area contributed by atoms with Gasteiger partial charge in [-0.05, 0) is 41.2 Å². The molecular weight excluding hydrogens is 292 g/mol. The summed E-state index contributed by atoms with van der Waals surface area (Å²) in [5, 5.41) is 5.79. The molecule has 1 aliphatic carbocycles. The van der Waals surface area contributed by atoms with E-state index in [1.807, 2.05) is 6.92 Å². The summed E-state index contributed by atoms with van der Waals surface area (Å²) in [6.45, 7) is 2.48. The van der Waals surface area contributed by atoms with Crippen molar-refractivity contribution < 1.29 is 4.79 Å². The summed E-state index contributed by atoms with van der Waals surface area (Å²) >= 11 is 4.17. The maximum absolute atomic E-state index is 11.8. The number of fused-ring (bicyclic) bond motifs is 3. The topological polar surface area (TPSA) is 41.1 Å². The van der Waals surface area contributed by atoms with E-state index >= 15 is 0 Å². The van der Waals surface area contributed by atoms with E-state index in [9.17, 15) is 4.79 Å². The third-order valence-corrected chi connectivity index (χ3v) is 4.59. The minimum Gasteiger partial charge on any atom is -0.335 e. The molecule has 0 heterocycles. The van der Waals surface area contributed by atoms with Gasteiger partial charge in [0.15, 0.2) is 0 Å². The summed E-state index contributed by atoms with van der Waals surface area (Å²) in [4.78, 5) is 11.8. The van der Waals surface area contributed by atoms with Crippen LogP contribution in [0.4, 0.5) is 4.79 Å². The molecule has 2 amide bonds. The number of rotatable bonds is 4. The number of hydrogen-bond acceptors (Lipinski definition) is 2. The predicted octanol–water partition coefficient (Wildman–Crippen LogP) is 3.38. The van der Waals surface area contributed by atoms with Crippen LogP contribution in [0.15, 0.2) is 42.5 Å². The number of amides is 2. The average molecular weight is 312 g/mol. The van der Waals surface area contributed by atoms with Gasteiger partial charge in [0.2, 0.25) is 0 Å². The number of hydrogen-bond donors (Lipinski definition) is 3. The van der Waals surface area contributed by atoms with Gasteiger partial charge in [0.05, 0.1) is 0 Å². The molecule has 0 saturated heterocycles. The van der Waals surface area contributed by atoms with E-state index < -0.39 is 0 Å². The molecule has 1 aliphatic rings. The number of carbonyl (C=O) groups excluding carboxylic acids is 1. The first kappa shape index (κ1) is 15.0. The monoisotopic (exact) mass is 312 g/mol. The highest BCUT2D eigenvalue weighted by molar-refractivity contribution is 7.80. The lowest BCUT2D eigenvalue weighted by atomic mass is 10.0. The Kier molecular flexibility index (Phi) is 4.39. The first-order chi connectivity index (χ1) is 10.7. The fourth-order valence-corrected chi connectivity index (χ4v) is 2.98. The normalized spacial score (nSPS) is 13.2. The molecular formula is C18H20N2OS. The highest BCUT2D eigenvalue weighted by atomic mass is 32.1. The van der Waals surface area contributed by atoms with E-state index in [1.165, 1.54) is 27.8 Å². The lowest BCUT2D eigenvalue weighted by molar-refractivity contribution is 0.238. The molecule has 2 aromatic rings. The van der Waals surface area contributed by atoms with Gasteiger partial charge in [-0.1, -0.05) is 42.5 Å². The molecule has 2 aromatic carbocycles. The first-order valence-corrected chi connectivity index (χ1v) is 8.16. The number of nitrogens with one attached hydrogen (secondary N) is 2. The zero-order chi connectivity index (χ0) is 15.5. The van der Waals surface area contributed by atoms with Crippen molar-refractivity contribution in [2.45, 2.75) is 25.9 Å². The quantitative estimate of drug-likeness (QED) is 0.635. The maximum atomic E-state index is 11.8. The molecule has 0 unspecified atom stereocenters. The third kappa shape index (κ3) is 2.97. The highest BCUT2D eigenvalue weighted by Crippen LogP contribution is 2.37. The Balaban J connectivity index is 1.74. The molecule has 0 spiro atoms. The van der Waals surface area contributed by atoms with Crippen molar-refractivity contribution in [3.63, 3.8) is 0 Å². The molecule has 0 radical (unpaired) electrons. The van der Waals surface area contributed by atoms with Gasteiger partial charge in [-0.3, -0.25) is 0 Å². The molecule has 3 nitrogen and oxygen atoms in total. The van der Waals surface area contributed by atoms with E-state index in [4.69, 9.17) is 0 Å². The van der Waals surface area contributed by atoms with Crippen LogP contribution >= 0.6 is 12.6 Å². The number of urea groups is 1. The van der Waals surface area contributed by atoms with Crippen molar-refractivity contribution in [3.05, 3.63) is 59.2 Å². The Morgan fingerprint density at radius 2 is 1.95 bits per heavy atom. The van der Waals surface area contributed by atoms with Crippen LogP contribution in [-0.4, -0.2) is 17.8 Å². The summed E-state index contributed by atoms with van der Waals surface area (Å²) < 4.78 is 0. The van der Waals surface area contributed by atoms with E-state index in [0.717, 1.165) is 6.42 Å².